The Morgan fingerprint density at radius 3 is 1.88 bits per heavy atom. The molecule has 0 fully saturated rings. The van der Waals surface area contributed by atoms with Crippen LogP contribution in [0.1, 0.15) is 66.2 Å². The Bertz CT molecular complexity index is 150. The second kappa shape index (κ2) is 9.20. The van der Waals surface area contributed by atoms with Crippen LogP contribution in [0.4, 0.5) is 0 Å². The van der Waals surface area contributed by atoms with E-state index < -0.39 is 0 Å². The molecule has 0 aromatic rings. The smallest absolute Gasteiger partial charge is 0.146 e. The summed E-state index contributed by atoms with van der Waals surface area (Å²) in [5.74, 6) is 0. The molecule has 0 rings (SSSR count). The SMILES string of the molecule is CCCC(OCC)C(CCC)(CCC)O[SiH3]. The molecule has 98 valence electrons. The molecule has 3 heteroatoms. The summed E-state index contributed by atoms with van der Waals surface area (Å²) in [5.41, 5.74) is 0.00173. The van der Waals surface area contributed by atoms with Gasteiger partial charge in [0.1, 0.15) is 10.5 Å². The van der Waals surface area contributed by atoms with Gasteiger partial charge in [0.15, 0.2) is 0 Å². The third kappa shape index (κ3) is 4.56. The van der Waals surface area contributed by atoms with Crippen molar-refractivity contribution in [3.05, 3.63) is 0 Å². The summed E-state index contributed by atoms with van der Waals surface area (Å²) in [6.45, 7) is 9.57. The summed E-state index contributed by atoms with van der Waals surface area (Å²) in [6, 6.07) is 0. The van der Waals surface area contributed by atoms with E-state index in [2.05, 4.69) is 27.7 Å². The van der Waals surface area contributed by atoms with Gasteiger partial charge in [-0.25, -0.2) is 0 Å². The summed E-state index contributed by atoms with van der Waals surface area (Å²) in [4.78, 5) is 0. The van der Waals surface area contributed by atoms with Gasteiger partial charge in [0.2, 0.25) is 0 Å². The summed E-state index contributed by atoms with van der Waals surface area (Å²) in [6.07, 6.45) is 7.20. The van der Waals surface area contributed by atoms with Gasteiger partial charge in [-0.05, 0) is 26.2 Å². The van der Waals surface area contributed by atoms with Crippen molar-refractivity contribution in [3.8, 4) is 0 Å². The average Bonchev–Trinajstić information content (AvgIpc) is 2.28. The van der Waals surface area contributed by atoms with Crippen LogP contribution in [0.5, 0.6) is 0 Å². The van der Waals surface area contributed by atoms with Crippen LogP contribution < -0.4 is 0 Å². The predicted octanol–water partition coefficient (Wildman–Crippen LogP) is 2.83. The van der Waals surface area contributed by atoms with Gasteiger partial charge in [0, 0.05) is 6.61 Å². The van der Waals surface area contributed by atoms with E-state index in [1.165, 1.54) is 19.3 Å². The maximum atomic E-state index is 6.00. The van der Waals surface area contributed by atoms with Crippen LogP contribution in [0.3, 0.4) is 0 Å². The fourth-order valence-electron chi connectivity index (χ4n) is 2.59. The quantitative estimate of drug-likeness (QED) is 0.552. The lowest BCUT2D eigenvalue weighted by Crippen LogP contribution is -2.46. The number of hydrogen-bond donors (Lipinski definition) is 0. The van der Waals surface area contributed by atoms with E-state index in [0.29, 0.717) is 6.10 Å². The largest absolute Gasteiger partial charge is 0.420 e. The fraction of sp³-hybridized carbons (Fsp3) is 1.00. The maximum absolute atomic E-state index is 6.00. The average molecular weight is 246 g/mol. The number of ether oxygens (including phenoxy) is 1. The van der Waals surface area contributed by atoms with Gasteiger partial charge < -0.3 is 9.16 Å². The Morgan fingerprint density at radius 1 is 1.00 bits per heavy atom. The molecule has 0 heterocycles. The van der Waals surface area contributed by atoms with E-state index in [9.17, 15) is 0 Å². The summed E-state index contributed by atoms with van der Waals surface area (Å²) >= 11 is 0. The Hall–Kier alpha value is 0.137. The zero-order valence-corrected chi connectivity index (χ0v) is 13.8. The molecule has 0 bridgehead atoms. The minimum atomic E-state index is 0.00173. The first-order chi connectivity index (χ1) is 7.70. The van der Waals surface area contributed by atoms with Crippen molar-refractivity contribution >= 4 is 10.5 Å². The van der Waals surface area contributed by atoms with Crippen molar-refractivity contribution in [1.82, 2.24) is 0 Å². The lowest BCUT2D eigenvalue weighted by atomic mass is 9.85. The Morgan fingerprint density at radius 2 is 1.56 bits per heavy atom. The molecule has 0 aromatic carbocycles. The second-order valence-corrected chi connectivity index (χ2v) is 4.91. The van der Waals surface area contributed by atoms with Crippen molar-refractivity contribution in [2.75, 3.05) is 6.61 Å². The van der Waals surface area contributed by atoms with Gasteiger partial charge in [-0.2, -0.15) is 0 Å². The van der Waals surface area contributed by atoms with Gasteiger partial charge in [-0.15, -0.1) is 0 Å². The van der Waals surface area contributed by atoms with Gasteiger partial charge in [0.05, 0.1) is 11.7 Å². The number of hydrogen-bond acceptors (Lipinski definition) is 2. The molecule has 0 aliphatic heterocycles. The molecule has 0 amide bonds. The van der Waals surface area contributed by atoms with Crippen LogP contribution in [-0.2, 0) is 9.16 Å². The minimum Gasteiger partial charge on any atom is -0.420 e. The molecule has 0 aliphatic rings. The Balaban J connectivity index is 4.73. The van der Waals surface area contributed by atoms with E-state index in [1.54, 1.807) is 0 Å². The molecular formula is C13H30O2Si. The number of rotatable bonds is 10. The van der Waals surface area contributed by atoms with E-state index >= 15 is 0 Å². The molecule has 16 heavy (non-hydrogen) atoms. The zero-order chi connectivity index (χ0) is 12.4. The van der Waals surface area contributed by atoms with Crippen molar-refractivity contribution in [2.45, 2.75) is 77.9 Å². The highest BCUT2D eigenvalue weighted by atomic mass is 28.2. The third-order valence-corrected chi connectivity index (χ3v) is 4.07. The molecule has 0 radical (unpaired) electrons. The van der Waals surface area contributed by atoms with Crippen LogP contribution in [0.15, 0.2) is 0 Å². The van der Waals surface area contributed by atoms with Crippen LogP contribution in [0.2, 0.25) is 0 Å². The Labute approximate surface area is 105 Å². The first-order valence-corrected chi connectivity index (χ1v) is 7.69. The standard InChI is InChI=1S/C13H30O2Si/c1-5-9-12(14-8-4)13(15-16,10-6-2)11-7-3/h12H,5-11H2,1-4,16H3. The molecular weight excluding hydrogens is 216 g/mol. The molecule has 0 saturated carbocycles. The molecule has 0 N–H and O–H groups in total. The highest BCUT2D eigenvalue weighted by Crippen LogP contribution is 2.31. The van der Waals surface area contributed by atoms with E-state index in [4.69, 9.17) is 9.16 Å². The van der Waals surface area contributed by atoms with Gasteiger partial charge in [-0.1, -0.05) is 40.0 Å². The maximum Gasteiger partial charge on any atom is 0.146 e. The van der Waals surface area contributed by atoms with Crippen molar-refractivity contribution < 1.29 is 9.16 Å². The first kappa shape index (κ1) is 16.1. The van der Waals surface area contributed by atoms with Crippen LogP contribution in [-0.4, -0.2) is 28.8 Å². The van der Waals surface area contributed by atoms with E-state index in [1.807, 2.05) is 0 Å². The minimum absolute atomic E-state index is 0.00173. The highest BCUT2D eigenvalue weighted by Gasteiger charge is 2.36. The molecule has 1 atom stereocenters. The molecule has 0 saturated heterocycles. The van der Waals surface area contributed by atoms with Crippen molar-refractivity contribution in [3.63, 3.8) is 0 Å². The third-order valence-electron chi connectivity index (χ3n) is 3.26. The molecule has 2 nitrogen and oxygen atoms in total. The topological polar surface area (TPSA) is 18.5 Å². The first-order valence-electron chi connectivity index (χ1n) is 6.87. The van der Waals surface area contributed by atoms with Gasteiger partial charge >= 0.3 is 0 Å². The molecule has 0 spiro atoms. The van der Waals surface area contributed by atoms with Crippen molar-refractivity contribution in [1.29, 1.82) is 0 Å². The van der Waals surface area contributed by atoms with Crippen molar-refractivity contribution in [2.24, 2.45) is 0 Å². The van der Waals surface area contributed by atoms with E-state index in [0.717, 1.165) is 36.4 Å². The monoisotopic (exact) mass is 246 g/mol. The summed E-state index contributed by atoms with van der Waals surface area (Å²) < 4.78 is 11.9. The van der Waals surface area contributed by atoms with Crippen LogP contribution in [0.25, 0.3) is 0 Å². The fourth-order valence-corrected chi connectivity index (χ4v) is 3.26. The summed E-state index contributed by atoms with van der Waals surface area (Å²) in [5, 5.41) is 0. The molecule has 0 aliphatic carbocycles. The zero-order valence-electron chi connectivity index (χ0n) is 11.8. The van der Waals surface area contributed by atoms with Gasteiger partial charge in [-0.3, -0.25) is 0 Å². The Kier molecular flexibility index (Phi) is 9.28. The van der Waals surface area contributed by atoms with E-state index in [-0.39, 0.29) is 5.60 Å². The lowest BCUT2D eigenvalue weighted by molar-refractivity contribution is -0.100. The van der Waals surface area contributed by atoms with Crippen LogP contribution in [0, 0.1) is 0 Å². The normalized spacial score (nSPS) is 14.2. The van der Waals surface area contributed by atoms with Gasteiger partial charge in [0.25, 0.3) is 0 Å². The summed E-state index contributed by atoms with van der Waals surface area (Å²) in [7, 11) is 0.807. The predicted molar refractivity (Wildman–Crippen MR) is 73.9 cm³/mol. The highest BCUT2D eigenvalue weighted by molar-refractivity contribution is 5.98. The molecule has 0 aromatic heterocycles. The van der Waals surface area contributed by atoms with Crippen LogP contribution >= 0.6 is 0 Å². The lowest BCUT2D eigenvalue weighted by Gasteiger charge is -2.40. The molecule has 1 unspecified atom stereocenters. The second-order valence-electron chi connectivity index (χ2n) is 4.50.